The zero-order valence-electron chi connectivity index (χ0n) is 17.1. The number of rotatable bonds is 7. The van der Waals surface area contributed by atoms with Crippen LogP contribution in [0.4, 0.5) is 5.69 Å². The molecule has 152 valence electrons. The van der Waals surface area contributed by atoms with E-state index < -0.39 is 5.91 Å². The lowest BCUT2D eigenvalue weighted by Crippen LogP contribution is -2.27. The van der Waals surface area contributed by atoms with E-state index in [1.54, 1.807) is 49.6 Å². The van der Waals surface area contributed by atoms with Gasteiger partial charge in [0.2, 0.25) is 0 Å². The molecule has 0 unspecified atom stereocenters. The van der Waals surface area contributed by atoms with Crippen molar-refractivity contribution in [1.82, 2.24) is 4.90 Å². The van der Waals surface area contributed by atoms with Crippen LogP contribution < -0.4 is 19.5 Å². The van der Waals surface area contributed by atoms with Crippen molar-refractivity contribution in [2.45, 2.75) is 20.0 Å². The Balaban J connectivity index is 1.99. The molecule has 0 saturated carbocycles. The van der Waals surface area contributed by atoms with Crippen LogP contribution in [0.15, 0.2) is 48.2 Å². The van der Waals surface area contributed by atoms with Crippen LogP contribution in [0.25, 0.3) is 5.57 Å². The van der Waals surface area contributed by atoms with E-state index in [9.17, 15) is 9.59 Å². The molecule has 0 saturated heterocycles. The van der Waals surface area contributed by atoms with Crippen LogP contribution in [0.3, 0.4) is 0 Å². The van der Waals surface area contributed by atoms with E-state index in [2.05, 4.69) is 5.32 Å². The molecule has 2 aromatic carbocycles. The van der Waals surface area contributed by atoms with Gasteiger partial charge >= 0.3 is 0 Å². The van der Waals surface area contributed by atoms with Gasteiger partial charge in [0, 0.05) is 18.8 Å². The molecule has 0 spiro atoms. The van der Waals surface area contributed by atoms with Crippen LogP contribution in [-0.2, 0) is 9.59 Å². The molecule has 1 aliphatic rings. The standard InChI is InChI=1S/C22H24N2O5/c1-13(2)29-16-9-6-14(7-10-16)19-20(22(26)24(3)21(19)25)23-15-8-11-17(27-4)18(12-15)28-5/h6-13,23H,1-5H3. The second-order valence-electron chi connectivity index (χ2n) is 6.81. The van der Waals surface area contributed by atoms with Gasteiger partial charge in [-0.25, -0.2) is 0 Å². The minimum absolute atomic E-state index is 0.0446. The highest BCUT2D eigenvalue weighted by Gasteiger charge is 2.36. The Bertz CT molecular complexity index is 964. The van der Waals surface area contributed by atoms with Crippen LogP contribution in [0.2, 0.25) is 0 Å². The molecule has 3 rings (SSSR count). The number of ether oxygens (including phenoxy) is 3. The SMILES string of the molecule is COc1ccc(NC2=C(c3ccc(OC(C)C)cc3)C(=O)N(C)C2=O)cc1OC. The zero-order valence-corrected chi connectivity index (χ0v) is 17.1. The highest BCUT2D eigenvalue weighted by atomic mass is 16.5. The molecule has 1 heterocycles. The number of benzene rings is 2. The van der Waals surface area contributed by atoms with E-state index >= 15 is 0 Å². The third kappa shape index (κ3) is 4.03. The van der Waals surface area contributed by atoms with Crippen molar-refractivity contribution in [3.8, 4) is 17.2 Å². The Kier molecular flexibility index (Phi) is 5.77. The second-order valence-corrected chi connectivity index (χ2v) is 6.81. The van der Waals surface area contributed by atoms with Crippen LogP contribution >= 0.6 is 0 Å². The fourth-order valence-corrected chi connectivity index (χ4v) is 3.06. The summed E-state index contributed by atoms with van der Waals surface area (Å²) in [5, 5.41) is 3.07. The second kappa shape index (κ2) is 8.26. The summed E-state index contributed by atoms with van der Waals surface area (Å²) in [4.78, 5) is 26.5. The smallest absolute Gasteiger partial charge is 0.277 e. The van der Waals surface area contributed by atoms with Gasteiger partial charge in [-0.2, -0.15) is 0 Å². The lowest BCUT2D eigenvalue weighted by atomic mass is 10.0. The van der Waals surface area contributed by atoms with Crippen molar-refractivity contribution in [1.29, 1.82) is 0 Å². The molecule has 0 radical (unpaired) electrons. The number of nitrogens with one attached hydrogen (secondary N) is 1. The molecule has 1 N–H and O–H groups in total. The summed E-state index contributed by atoms with van der Waals surface area (Å²) in [6.07, 6.45) is 0.0446. The van der Waals surface area contributed by atoms with Crippen LogP contribution in [0.5, 0.6) is 17.2 Å². The number of hydrogen-bond acceptors (Lipinski definition) is 6. The summed E-state index contributed by atoms with van der Waals surface area (Å²) >= 11 is 0. The van der Waals surface area contributed by atoms with Crippen molar-refractivity contribution >= 4 is 23.1 Å². The van der Waals surface area contributed by atoms with Gasteiger partial charge in [0.1, 0.15) is 11.4 Å². The largest absolute Gasteiger partial charge is 0.493 e. The highest BCUT2D eigenvalue weighted by Crippen LogP contribution is 2.34. The number of imide groups is 1. The van der Waals surface area contributed by atoms with Crippen LogP contribution in [-0.4, -0.2) is 44.1 Å². The normalized spacial score (nSPS) is 13.9. The quantitative estimate of drug-likeness (QED) is 0.724. The predicted molar refractivity (Wildman–Crippen MR) is 110 cm³/mol. The lowest BCUT2D eigenvalue weighted by Gasteiger charge is -2.13. The number of amides is 2. The molecule has 0 aromatic heterocycles. The summed E-state index contributed by atoms with van der Waals surface area (Å²) in [7, 11) is 4.54. The van der Waals surface area contributed by atoms with Gasteiger partial charge < -0.3 is 19.5 Å². The first kappa shape index (κ1) is 20.3. The highest BCUT2D eigenvalue weighted by molar-refractivity contribution is 6.36. The van der Waals surface area contributed by atoms with E-state index in [0.717, 1.165) is 4.90 Å². The average molecular weight is 396 g/mol. The number of carbonyl (C=O) groups is 2. The van der Waals surface area contributed by atoms with Gasteiger partial charge in [0.25, 0.3) is 11.8 Å². The summed E-state index contributed by atoms with van der Waals surface area (Å²) in [5.41, 5.74) is 1.75. The Morgan fingerprint density at radius 2 is 1.55 bits per heavy atom. The molecule has 29 heavy (non-hydrogen) atoms. The molecule has 1 aliphatic heterocycles. The molecule has 0 fully saturated rings. The molecule has 2 amide bonds. The van der Waals surface area contributed by atoms with Crippen molar-refractivity contribution in [2.75, 3.05) is 26.6 Å². The molecule has 0 bridgehead atoms. The van der Waals surface area contributed by atoms with E-state index in [0.29, 0.717) is 34.1 Å². The maximum Gasteiger partial charge on any atom is 0.277 e. The number of hydrogen-bond donors (Lipinski definition) is 1. The number of anilines is 1. The molecule has 0 atom stereocenters. The van der Waals surface area contributed by atoms with Crippen molar-refractivity contribution in [3.05, 3.63) is 53.7 Å². The first-order valence-electron chi connectivity index (χ1n) is 9.18. The van der Waals surface area contributed by atoms with Gasteiger partial charge in [0.15, 0.2) is 11.5 Å². The van der Waals surface area contributed by atoms with E-state index in [-0.39, 0.29) is 17.7 Å². The average Bonchev–Trinajstić information content (AvgIpc) is 2.92. The number of methoxy groups -OCH3 is 2. The maximum absolute atomic E-state index is 12.7. The summed E-state index contributed by atoms with van der Waals surface area (Å²) < 4.78 is 16.2. The van der Waals surface area contributed by atoms with Gasteiger partial charge in [-0.3, -0.25) is 14.5 Å². The minimum Gasteiger partial charge on any atom is -0.493 e. The monoisotopic (exact) mass is 396 g/mol. The minimum atomic E-state index is -0.401. The Labute approximate surface area is 169 Å². The fraction of sp³-hybridized carbons (Fsp3) is 0.273. The van der Waals surface area contributed by atoms with Gasteiger partial charge in [-0.05, 0) is 43.7 Å². The topological polar surface area (TPSA) is 77.1 Å². The molecular weight excluding hydrogens is 372 g/mol. The Hall–Kier alpha value is -3.48. The number of nitrogens with zero attached hydrogens (tertiary/aromatic N) is 1. The van der Waals surface area contributed by atoms with E-state index in [4.69, 9.17) is 14.2 Å². The van der Waals surface area contributed by atoms with Crippen molar-refractivity contribution in [3.63, 3.8) is 0 Å². The van der Waals surface area contributed by atoms with Crippen molar-refractivity contribution < 1.29 is 23.8 Å². The van der Waals surface area contributed by atoms with E-state index in [1.807, 2.05) is 13.8 Å². The van der Waals surface area contributed by atoms with Crippen LogP contribution in [0, 0.1) is 0 Å². The molecule has 2 aromatic rings. The molecule has 7 nitrogen and oxygen atoms in total. The fourth-order valence-electron chi connectivity index (χ4n) is 3.06. The van der Waals surface area contributed by atoms with E-state index in [1.165, 1.54) is 14.2 Å². The first-order valence-corrected chi connectivity index (χ1v) is 9.18. The molecule has 0 aliphatic carbocycles. The van der Waals surface area contributed by atoms with Gasteiger partial charge in [0.05, 0.1) is 25.9 Å². The predicted octanol–water partition coefficient (Wildman–Crippen LogP) is 3.31. The molecule has 7 heteroatoms. The van der Waals surface area contributed by atoms with Gasteiger partial charge in [-0.15, -0.1) is 0 Å². The summed E-state index contributed by atoms with van der Waals surface area (Å²) in [6.45, 7) is 3.88. The van der Waals surface area contributed by atoms with Gasteiger partial charge in [-0.1, -0.05) is 12.1 Å². The third-order valence-corrected chi connectivity index (χ3v) is 4.45. The van der Waals surface area contributed by atoms with Crippen molar-refractivity contribution in [2.24, 2.45) is 0 Å². The first-order chi connectivity index (χ1) is 13.8. The number of likely N-dealkylation sites (N-methyl/N-ethyl adjacent to an activating group) is 1. The third-order valence-electron chi connectivity index (χ3n) is 4.45. The zero-order chi connectivity index (χ0) is 21.1. The lowest BCUT2D eigenvalue weighted by molar-refractivity contribution is -0.135. The number of carbonyl (C=O) groups excluding carboxylic acids is 2. The van der Waals surface area contributed by atoms with Crippen LogP contribution in [0.1, 0.15) is 19.4 Å². The Morgan fingerprint density at radius 3 is 2.14 bits per heavy atom. The Morgan fingerprint density at radius 1 is 0.897 bits per heavy atom. The molecular formula is C22H24N2O5. The maximum atomic E-state index is 12.7. The summed E-state index contributed by atoms with van der Waals surface area (Å²) in [6, 6.07) is 12.3. The summed E-state index contributed by atoms with van der Waals surface area (Å²) in [5.74, 6) is 1.01.